The van der Waals surface area contributed by atoms with Gasteiger partial charge in [0.1, 0.15) is 30.0 Å². The van der Waals surface area contributed by atoms with Crippen LogP contribution in [0.25, 0.3) is 0 Å². The lowest BCUT2D eigenvalue weighted by molar-refractivity contribution is -0.146. The van der Waals surface area contributed by atoms with Crippen molar-refractivity contribution in [1.29, 1.82) is 0 Å². The average Bonchev–Trinajstić information content (AvgIpc) is 3.47. The maximum absolute atomic E-state index is 14.5. The van der Waals surface area contributed by atoms with E-state index in [9.17, 15) is 38.4 Å². The third-order valence-electron chi connectivity index (χ3n) is 11.4. The van der Waals surface area contributed by atoms with Gasteiger partial charge < -0.3 is 41.6 Å². The third-order valence-corrected chi connectivity index (χ3v) is 11.4. The van der Waals surface area contributed by atoms with E-state index in [1.165, 1.54) is 11.8 Å². The molecule has 0 aromatic carbocycles. The van der Waals surface area contributed by atoms with Gasteiger partial charge in [-0.25, -0.2) is 0 Å². The smallest absolute Gasteiger partial charge is 0.243 e. The minimum atomic E-state index is -1.24. The van der Waals surface area contributed by atoms with Crippen LogP contribution < -0.4 is 31.9 Å². The Morgan fingerprint density at radius 2 is 1.44 bits per heavy atom. The van der Waals surface area contributed by atoms with E-state index < -0.39 is 101 Å². The predicted molar refractivity (Wildman–Crippen MR) is 202 cm³/mol. The molecule has 15 heteroatoms. The first-order valence-electron chi connectivity index (χ1n) is 19.2. The number of hydrogen-bond donors (Lipinski definition) is 6. The number of rotatable bonds is 5. The fourth-order valence-electron chi connectivity index (χ4n) is 8.30. The zero-order valence-corrected chi connectivity index (χ0v) is 33.8. The fraction of sp³-hybridized carbons (Fsp3) is 0.744. The van der Waals surface area contributed by atoms with Crippen LogP contribution in [0.3, 0.4) is 0 Å². The van der Waals surface area contributed by atoms with Crippen LogP contribution in [0.4, 0.5) is 0 Å². The highest BCUT2D eigenvalue weighted by atomic mass is 16.2. The largest absolute Gasteiger partial charge is 0.376 e. The van der Waals surface area contributed by atoms with Gasteiger partial charge in [-0.2, -0.15) is 0 Å². The van der Waals surface area contributed by atoms with Crippen LogP contribution in [-0.2, 0) is 38.4 Å². The zero-order chi connectivity index (χ0) is 40.9. The standard InChI is InChI=1S/C39H63N7O8/c1-12-21(3)24(6)30-35(52)45-32-36(53)40-16-22(4)42-25(7)33(50)41-17-29(49)43-31(38(8,9)19-39(32,10)11)28(48)15-26(14-23(5)47)37(54)46-18-20(2)13-27(46)34(51)44-30/h20-21,24-27,30-32,42H,4,12-19H2,1-3,5-11H3,(H,40,53)(H,41,50)(H,43,49)(H,44,51)(H,45,52). The number of carbonyl (C=O) groups excluding carboxylic acids is 8. The van der Waals surface area contributed by atoms with Gasteiger partial charge in [-0.05, 0) is 55.3 Å². The second-order valence-electron chi connectivity index (χ2n) is 17.4. The lowest BCUT2D eigenvalue weighted by atomic mass is 9.66. The van der Waals surface area contributed by atoms with E-state index in [4.69, 9.17) is 0 Å². The Bertz CT molecular complexity index is 1510. The van der Waals surface area contributed by atoms with Crippen molar-refractivity contribution in [2.75, 3.05) is 19.6 Å². The van der Waals surface area contributed by atoms with E-state index in [-0.39, 0.29) is 49.5 Å². The summed E-state index contributed by atoms with van der Waals surface area (Å²) < 4.78 is 0. The second-order valence-corrected chi connectivity index (χ2v) is 17.4. The van der Waals surface area contributed by atoms with Crippen molar-refractivity contribution in [1.82, 2.24) is 36.8 Å². The topological polar surface area (TPSA) is 212 Å². The van der Waals surface area contributed by atoms with Gasteiger partial charge in [0, 0.05) is 25.1 Å². The summed E-state index contributed by atoms with van der Waals surface area (Å²) >= 11 is 0. The summed E-state index contributed by atoms with van der Waals surface area (Å²) in [5, 5.41) is 17.0. The van der Waals surface area contributed by atoms with E-state index in [1.54, 1.807) is 34.6 Å². The molecule has 3 aliphatic heterocycles. The molecular weight excluding hydrogens is 694 g/mol. The van der Waals surface area contributed by atoms with E-state index in [0.717, 1.165) is 0 Å². The van der Waals surface area contributed by atoms with Crippen molar-refractivity contribution in [3.63, 3.8) is 0 Å². The molecule has 3 fully saturated rings. The minimum Gasteiger partial charge on any atom is -0.376 e. The van der Waals surface area contributed by atoms with Gasteiger partial charge in [-0.3, -0.25) is 33.6 Å². The molecular formula is C39H63N7O8. The van der Waals surface area contributed by atoms with Crippen LogP contribution in [0.5, 0.6) is 0 Å². The van der Waals surface area contributed by atoms with Gasteiger partial charge >= 0.3 is 0 Å². The van der Waals surface area contributed by atoms with Gasteiger partial charge in [0.2, 0.25) is 35.4 Å². The monoisotopic (exact) mass is 757 g/mol. The lowest BCUT2D eigenvalue weighted by Gasteiger charge is -2.44. The van der Waals surface area contributed by atoms with Crippen molar-refractivity contribution < 1.29 is 38.4 Å². The number of fused-ring (bicyclic) bond motifs is 5. The second kappa shape index (κ2) is 17.9. The molecule has 3 rings (SSSR count). The molecule has 0 aliphatic carbocycles. The van der Waals surface area contributed by atoms with E-state index in [2.05, 4.69) is 38.5 Å². The van der Waals surface area contributed by atoms with Crippen LogP contribution in [0.15, 0.2) is 12.3 Å². The van der Waals surface area contributed by atoms with Crippen molar-refractivity contribution >= 4 is 47.0 Å². The van der Waals surface area contributed by atoms with Crippen LogP contribution in [0, 0.1) is 34.5 Å². The first-order chi connectivity index (χ1) is 25.0. The summed E-state index contributed by atoms with van der Waals surface area (Å²) in [5.74, 6) is -5.89. The van der Waals surface area contributed by atoms with Crippen molar-refractivity contribution in [3.8, 4) is 0 Å². The van der Waals surface area contributed by atoms with Gasteiger partial charge in [0.25, 0.3) is 0 Å². The van der Waals surface area contributed by atoms with E-state index in [1.807, 2.05) is 27.7 Å². The maximum atomic E-state index is 14.5. The van der Waals surface area contributed by atoms with Gasteiger partial charge in [-0.1, -0.05) is 68.4 Å². The van der Waals surface area contributed by atoms with E-state index in [0.29, 0.717) is 18.5 Å². The molecule has 15 nitrogen and oxygen atoms in total. The summed E-state index contributed by atoms with van der Waals surface area (Å²) in [5.41, 5.74) is -1.88. The SMILES string of the molecule is C=C1CNC(=O)C2NC(=O)C(C(C)C(C)CC)NC(=O)C3CC(C)CN3C(=O)C(CC(C)=O)CC(=O)C(NC(=O)CNC(=O)C(C)N1)C(C)(C)CC2(C)C. The number of ketones is 2. The molecule has 302 valence electrons. The summed E-state index contributed by atoms with van der Waals surface area (Å²) in [7, 11) is 0. The lowest BCUT2D eigenvalue weighted by Crippen LogP contribution is -2.63. The van der Waals surface area contributed by atoms with Crippen LogP contribution in [0.2, 0.25) is 0 Å². The number of hydrogen-bond acceptors (Lipinski definition) is 9. The molecule has 3 aliphatic rings. The van der Waals surface area contributed by atoms with Gasteiger partial charge in [0.15, 0.2) is 5.78 Å². The number of carbonyl (C=O) groups is 8. The van der Waals surface area contributed by atoms with Crippen LogP contribution in [0.1, 0.15) is 101 Å². The number of amides is 6. The molecule has 6 amide bonds. The highest BCUT2D eigenvalue weighted by Gasteiger charge is 2.49. The minimum absolute atomic E-state index is 0.0198. The molecule has 0 aromatic heterocycles. The van der Waals surface area contributed by atoms with Gasteiger partial charge in [0.05, 0.1) is 25.0 Å². The number of Topliss-reactive ketones (excluding diaryl/α,β-unsaturated/α-hetero) is 2. The number of nitrogens with zero attached hydrogens (tertiary/aromatic N) is 1. The Kier molecular flexibility index (Phi) is 14.6. The molecule has 2 bridgehead atoms. The van der Waals surface area contributed by atoms with E-state index >= 15 is 0 Å². The molecule has 0 radical (unpaired) electrons. The maximum Gasteiger partial charge on any atom is 0.243 e. The number of nitrogens with one attached hydrogen (secondary N) is 6. The van der Waals surface area contributed by atoms with Crippen molar-refractivity contribution in [2.45, 2.75) is 132 Å². The Balaban J connectivity index is 2.29. The molecule has 9 atom stereocenters. The first-order valence-corrected chi connectivity index (χ1v) is 19.2. The normalized spacial score (nSPS) is 31.7. The Morgan fingerprint density at radius 3 is 2.06 bits per heavy atom. The molecule has 0 aromatic rings. The Labute approximate surface area is 319 Å². The summed E-state index contributed by atoms with van der Waals surface area (Å²) in [6.07, 6.45) is 0.426. The predicted octanol–water partition coefficient (Wildman–Crippen LogP) is 1.11. The Morgan fingerprint density at radius 1 is 0.833 bits per heavy atom. The first kappa shape index (κ1) is 44.1. The summed E-state index contributed by atoms with van der Waals surface area (Å²) in [6, 6.07) is -5.34. The van der Waals surface area contributed by atoms with Crippen molar-refractivity contribution in [3.05, 3.63) is 12.3 Å². The highest BCUT2D eigenvalue weighted by molar-refractivity contribution is 5.98. The van der Waals surface area contributed by atoms with Crippen molar-refractivity contribution in [2.24, 2.45) is 34.5 Å². The molecule has 0 spiro atoms. The molecule has 3 heterocycles. The van der Waals surface area contributed by atoms with Crippen LogP contribution in [-0.4, -0.2) is 102 Å². The average molecular weight is 758 g/mol. The molecule has 3 saturated heterocycles. The zero-order valence-electron chi connectivity index (χ0n) is 33.8. The molecule has 54 heavy (non-hydrogen) atoms. The molecule has 6 N–H and O–H groups in total. The van der Waals surface area contributed by atoms with Gasteiger partial charge in [-0.15, -0.1) is 0 Å². The Hall–Kier alpha value is -4.30. The third kappa shape index (κ3) is 10.9. The highest BCUT2D eigenvalue weighted by Crippen LogP contribution is 2.40. The summed E-state index contributed by atoms with van der Waals surface area (Å²) in [4.78, 5) is 112. The summed E-state index contributed by atoms with van der Waals surface area (Å²) in [6.45, 7) is 21.2. The van der Waals surface area contributed by atoms with Crippen LogP contribution >= 0.6 is 0 Å². The fourth-order valence-corrected chi connectivity index (χ4v) is 8.30. The molecule has 0 saturated carbocycles. The molecule has 9 unspecified atom stereocenters. The quantitative estimate of drug-likeness (QED) is 0.237.